The lowest BCUT2D eigenvalue weighted by Gasteiger charge is -2.19. The molecule has 5 nitrogen and oxygen atoms in total. The van der Waals surface area contributed by atoms with E-state index in [0.717, 1.165) is 40.8 Å². The van der Waals surface area contributed by atoms with Gasteiger partial charge in [-0.25, -0.2) is 0 Å². The van der Waals surface area contributed by atoms with E-state index in [1.54, 1.807) is 17.5 Å². The fourth-order valence-electron chi connectivity index (χ4n) is 4.12. The van der Waals surface area contributed by atoms with E-state index in [9.17, 15) is 27.9 Å². The van der Waals surface area contributed by atoms with E-state index in [1.807, 2.05) is 16.8 Å². The summed E-state index contributed by atoms with van der Waals surface area (Å²) >= 11 is 1.42. The average Bonchev–Trinajstić information content (AvgIpc) is 3.28. The smallest absolute Gasteiger partial charge is 0.416 e. The highest BCUT2D eigenvalue weighted by atomic mass is 32.1. The quantitative estimate of drug-likeness (QED) is 0.437. The highest BCUT2D eigenvalue weighted by molar-refractivity contribution is 7.17. The molecular formula is C25H18F3N2O3S-. The second-order valence-electron chi connectivity index (χ2n) is 8.40. The first-order chi connectivity index (χ1) is 16.2. The Hall–Kier alpha value is -3.59. The summed E-state index contributed by atoms with van der Waals surface area (Å²) in [4.78, 5) is 24.2. The molecule has 9 heteroatoms. The predicted octanol–water partition coefficient (Wildman–Crippen LogP) is 4.55. The van der Waals surface area contributed by atoms with Gasteiger partial charge in [0.25, 0.3) is 5.91 Å². The van der Waals surface area contributed by atoms with Gasteiger partial charge in [0.1, 0.15) is 0 Å². The number of halogens is 3. The number of fused-ring (bicyclic) bond motifs is 1. The number of carboxylic acids is 1. The summed E-state index contributed by atoms with van der Waals surface area (Å²) in [5.74, 6) is -1.50. The molecule has 5 rings (SSSR count). The highest BCUT2D eigenvalue weighted by Gasteiger charge is 2.46. The molecular weight excluding hydrogens is 465 g/mol. The van der Waals surface area contributed by atoms with Gasteiger partial charge in [0.05, 0.1) is 32.9 Å². The molecule has 1 aliphatic rings. The molecule has 0 unspecified atom stereocenters. The summed E-state index contributed by atoms with van der Waals surface area (Å²) in [6.07, 6.45) is -1.09. The lowest BCUT2D eigenvalue weighted by molar-refractivity contribution is -0.255. The van der Waals surface area contributed by atoms with Gasteiger partial charge < -0.3 is 19.8 Å². The second-order valence-corrected chi connectivity index (χ2v) is 9.31. The Morgan fingerprint density at radius 3 is 2.29 bits per heavy atom. The maximum Gasteiger partial charge on any atom is 0.416 e. The van der Waals surface area contributed by atoms with Crippen molar-refractivity contribution in [3.8, 4) is 0 Å². The van der Waals surface area contributed by atoms with Crippen LogP contribution in [-0.4, -0.2) is 16.4 Å². The minimum atomic E-state index is -4.39. The minimum Gasteiger partial charge on any atom is -0.545 e. The molecule has 2 aromatic carbocycles. The minimum absolute atomic E-state index is 0.0755. The van der Waals surface area contributed by atoms with Gasteiger partial charge in [0, 0.05) is 18.1 Å². The average molecular weight is 483 g/mol. The monoisotopic (exact) mass is 483 g/mol. The fourth-order valence-corrected chi connectivity index (χ4v) is 5.06. The summed E-state index contributed by atoms with van der Waals surface area (Å²) in [5, 5.41) is 15.9. The normalized spacial score (nSPS) is 14.8. The zero-order valence-corrected chi connectivity index (χ0v) is 18.5. The molecule has 1 aliphatic carbocycles. The number of carbonyl (C=O) groups excluding carboxylic acids is 2. The summed E-state index contributed by atoms with van der Waals surface area (Å²) < 4.78 is 41.3. The van der Waals surface area contributed by atoms with Crippen LogP contribution in [0.4, 0.5) is 13.2 Å². The van der Waals surface area contributed by atoms with Crippen LogP contribution in [0, 0.1) is 0 Å². The van der Waals surface area contributed by atoms with Crippen molar-refractivity contribution in [3.63, 3.8) is 0 Å². The Kier molecular flexibility index (Phi) is 5.24. The molecule has 2 aromatic heterocycles. The van der Waals surface area contributed by atoms with Gasteiger partial charge in [-0.15, -0.1) is 11.3 Å². The van der Waals surface area contributed by atoms with Crippen molar-refractivity contribution in [2.45, 2.75) is 31.1 Å². The maximum atomic E-state index is 13.2. The van der Waals surface area contributed by atoms with E-state index in [0.29, 0.717) is 17.7 Å². The van der Waals surface area contributed by atoms with Gasteiger partial charge in [-0.1, -0.05) is 36.4 Å². The van der Waals surface area contributed by atoms with E-state index in [-0.39, 0.29) is 11.5 Å². The molecule has 0 radical (unpaired) electrons. The summed E-state index contributed by atoms with van der Waals surface area (Å²) in [7, 11) is 0. The zero-order chi connectivity index (χ0) is 24.1. The topological polar surface area (TPSA) is 74.2 Å². The first-order valence-corrected chi connectivity index (χ1v) is 11.4. The number of nitrogens with one attached hydrogen (secondary N) is 1. The van der Waals surface area contributed by atoms with E-state index >= 15 is 0 Å². The van der Waals surface area contributed by atoms with Crippen LogP contribution in [-0.2, 0) is 18.3 Å². The molecule has 4 aromatic rings. The molecule has 1 saturated carbocycles. The summed E-state index contributed by atoms with van der Waals surface area (Å²) in [6, 6.07) is 13.2. The standard InChI is InChI=1S/C25H19F3N2O3S/c26-25(27,28)18-5-1-15(2-6-18)13-30-12-9-20-21(30)19(14-34-20)22(31)29-24(10-11-24)17-7-3-16(4-8-17)23(32)33/h1-9,12,14H,10-11,13H2,(H,29,31)(H,32,33)/p-1. The van der Waals surface area contributed by atoms with Crippen molar-refractivity contribution in [1.29, 1.82) is 0 Å². The van der Waals surface area contributed by atoms with Gasteiger partial charge in [-0.2, -0.15) is 13.2 Å². The van der Waals surface area contributed by atoms with Crippen LogP contribution in [0.1, 0.15) is 50.2 Å². The third-order valence-electron chi connectivity index (χ3n) is 6.14. The Labute approximate surface area is 196 Å². The number of amides is 1. The first kappa shape index (κ1) is 22.2. The molecule has 0 bridgehead atoms. The zero-order valence-electron chi connectivity index (χ0n) is 17.7. The Bertz CT molecular complexity index is 1380. The number of alkyl halides is 3. The number of nitrogens with zero attached hydrogens (tertiary/aromatic N) is 1. The SMILES string of the molecule is O=C([O-])c1ccc(C2(NC(=O)c3csc4ccn(Cc5ccc(C(F)(F)F)cc5)c34)CC2)cc1. The molecule has 174 valence electrons. The summed E-state index contributed by atoms with van der Waals surface area (Å²) in [6.45, 7) is 0.328. The van der Waals surface area contributed by atoms with Crippen LogP contribution in [0.5, 0.6) is 0 Å². The molecule has 1 amide bonds. The second kappa shape index (κ2) is 8.02. The Balaban J connectivity index is 1.38. The van der Waals surface area contributed by atoms with E-state index in [1.165, 1.54) is 35.6 Å². The number of aromatic nitrogens is 1. The number of hydrogen-bond donors (Lipinski definition) is 1. The van der Waals surface area contributed by atoms with E-state index in [4.69, 9.17) is 0 Å². The van der Waals surface area contributed by atoms with Crippen molar-refractivity contribution in [2.24, 2.45) is 0 Å². The number of aromatic carboxylic acids is 1. The molecule has 0 saturated heterocycles. The van der Waals surface area contributed by atoms with Crippen molar-refractivity contribution in [2.75, 3.05) is 0 Å². The number of carbonyl (C=O) groups is 2. The number of carboxylic acid groups (broad SMARTS) is 1. The van der Waals surface area contributed by atoms with Crippen LogP contribution in [0.25, 0.3) is 10.2 Å². The van der Waals surface area contributed by atoms with E-state index in [2.05, 4.69) is 5.32 Å². The number of thiophene rings is 1. The van der Waals surface area contributed by atoms with Crippen LogP contribution < -0.4 is 10.4 Å². The van der Waals surface area contributed by atoms with Crippen molar-refractivity contribution >= 4 is 33.4 Å². The van der Waals surface area contributed by atoms with Gasteiger partial charge in [-0.05, 0) is 47.7 Å². The van der Waals surface area contributed by atoms with Crippen molar-refractivity contribution < 1.29 is 27.9 Å². The summed E-state index contributed by atoms with van der Waals surface area (Å²) in [5.41, 5.74) is 1.58. The lowest BCUT2D eigenvalue weighted by atomic mass is 10.0. The van der Waals surface area contributed by atoms with Crippen molar-refractivity contribution in [1.82, 2.24) is 9.88 Å². The fraction of sp³-hybridized carbons (Fsp3) is 0.200. The third kappa shape index (κ3) is 4.07. The van der Waals surface area contributed by atoms with Gasteiger partial charge >= 0.3 is 6.18 Å². The van der Waals surface area contributed by atoms with Gasteiger partial charge in [0.15, 0.2) is 0 Å². The molecule has 0 atom stereocenters. The number of rotatable bonds is 6. The first-order valence-electron chi connectivity index (χ1n) is 10.5. The number of benzene rings is 2. The van der Waals surface area contributed by atoms with Crippen molar-refractivity contribution in [3.05, 3.63) is 94.0 Å². The van der Waals surface area contributed by atoms with E-state index < -0.39 is 23.2 Å². The molecule has 1 fully saturated rings. The largest absolute Gasteiger partial charge is 0.545 e. The molecule has 0 spiro atoms. The third-order valence-corrected chi connectivity index (χ3v) is 7.08. The van der Waals surface area contributed by atoms with Gasteiger partial charge in [-0.3, -0.25) is 4.79 Å². The van der Waals surface area contributed by atoms with Gasteiger partial charge in [0.2, 0.25) is 0 Å². The van der Waals surface area contributed by atoms with Crippen LogP contribution in [0.15, 0.2) is 66.2 Å². The predicted molar refractivity (Wildman–Crippen MR) is 120 cm³/mol. The van der Waals surface area contributed by atoms with Crippen LogP contribution >= 0.6 is 11.3 Å². The molecule has 1 N–H and O–H groups in total. The number of hydrogen-bond acceptors (Lipinski definition) is 4. The van der Waals surface area contributed by atoms with Crippen LogP contribution in [0.2, 0.25) is 0 Å². The molecule has 2 heterocycles. The Morgan fingerprint density at radius 2 is 1.71 bits per heavy atom. The Morgan fingerprint density at radius 1 is 1.03 bits per heavy atom. The molecule has 34 heavy (non-hydrogen) atoms. The lowest BCUT2D eigenvalue weighted by Crippen LogP contribution is -2.35. The van der Waals surface area contributed by atoms with Crippen LogP contribution in [0.3, 0.4) is 0 Å². The maximum absolute atomic E-state index is 13.2. The highest BCUT2D eigenvalue weighted by Crippen LogP contribution is 2.46. The molecule has 0 aliphatic heterocycles.